The Labute approximate surface area is 124 Å². The van der Waals surface area contributed by atoms with E-state index in [0.717, 1.165) is 25.7 Å². The van der Waals surface area contributed by atoms with E-state index in [1.807, 2.05) is 0 Å². The first-order valence-electron chi connectivity index (χ1n) is 7.73. The molecular weight excluding hydrogens is 256 g/mol. The molecule has 2 aliphatic rings. The molecule has 0 bridgehead atoms. The molecule has 3 aromatic rings. The van der Waals surface area contributed by atoms with Crippen LogP contribution in [-0.4, -0.2) is 0 Å². The van der Waals surface area contributed by atoms with Crippen molar-refractivity contribution < 1.29 is 4.42 Å². The first-order chi connectivity index (χ1) is 10.4. The summed E-state index contributed by atoms with van der Waals surface area (Å²) in [6.07, 6.45) is 4.25. The molecule has 102 valence electrons. The van der Waals surface area contributed by atoms with E-state index >= 15 is 0 Å². The quantitative estimate of drug-likeness (QED) is 0.572. The van der Waals surface area contributed by atoms with Gasteiger partial charge in [-0.2, -0.15) is 0 Å². The van der Waals surface area contributed by atoms with E-state index in [0.29, 0.717) is 0 Å². The van der Waals surface area contributed by atoms with Crippen molar-refractivity contribution in [2.24, 2.45) is 0 Å². The summed E-state index contributed by atoms with van der Waals surface area (Å²) < 4.78 is 6.24. The lowest BCUT2D eigenvalue weighted by molar-refractivity contribution is 0.462. The van der Waals surface area contributed by atoms with Crippen molar-refractivity contribution in [3.05, 3.63) is 71.2 Å². The molecule has 5 rings (SSSR count). The Morgan fingerprint density at radius 2 is 1.05 bits per heavy atom. The molecule has 1 heteroatoms. The van der Waals surface area contributed by atoms with Crippen LogP contribution in [0, 0.1) is 0 Å². The van der Waals surface area contributed by atoms with E-state index in [1.54, 1.807) is 0 Å². The predicted octanol–water partition coefficient (Wildman–Crippen LogP) is 4.81. The molecule has 0 aliphatic heterocycles. The van der Waals surface area contributed by atoms with E-state index in [4.69, 9.17) is 4.42 Å². The Morgan fingerprint density at radius 1 is 0.571 bits per heavy atom. The molecule has 21 heavy (non-hydrogen) atoms. The van der Waals surface area contributed by atoms with Crippen LogP contribution in [0.5, 0.6) is 0 Å². The van der Waals surface area contributed by atoms with Gasteiger partial charge in [-0.05, 0) is 35.1 Å². The highest BCUT2D eigenvalue weighted by atomic mass is 16.3. The molecule has 1 nitrogen and oxygen atoms in total. The van der Waals surface area contributed by atoms with Gasteiger partial charge >= 0.3 is 0 Å². The van der Waals surface area contributed by atoms with E-state index < -0.39 is 0 Å². The van der Waals surface area contributed by atoms with Gasteiger partial charge in [-0.3, -0.25) is 0 Å². The van der Waals surface area contributed by atoms with Crippen molar-refractivity contribution in [2.75, 3.05) is 0 Å². The Morgan fingerprint density at radius 3 is 1.57 bits per heavy atom. The molecule has 0 saturated heterocycles. The smallest absolute Gasteiger partial charge is 0.112 e. The molecule has 0 atom stereocenters. The van der Waals surface area contributed by atoms with Crippen LogP contribution >= 0.6 is 0 Å². The number of furan rings is 1. The van der Waals surface area contributed by atoms with Crippen LogP contribution in [-0.2, 0) is 25.7 Å². The average molecular weight is 272 g/mol. The van der Waals surface area contributed by atoms with Crippen molar-refractivity contribution >= 4 is 0 Å². The maximum atomic E-state index is 6.24. The average Bonchev–Trinajstić information content (AvgIpc) is 2.94. The van der Waals surface area contributed by atoms with E-state index in [-0.39, 0.29) is 0 Å². The summed E-state index contributed by atoms with van der Waals surface area (Å²) in [7, 11) is 0. The second-order valence-electron chi connectivity index (χ2n) is 6.01. The van der Waals surface area contributed by atoms with Crippen LogP contribution < -0.4 is 0 Å². The maximum absolute atomic E-state index is 6.24. The molecular formula is C20H16O. The van der Waals surface area contributed by atoms with Crippen molar-refractivity contribution in [1.29, 1.82) is 0 Å². The summed E-state index contributed by atoms with van der Waals surface area (Å²) in [5.74, 6) is 2.38. The van der Waals surface area contributed by atoms with E-state index in [2.05, 4.69) is 48.5 Å². The van der Waals surface area contributed by atoms with Gasteiger partial charge in [0.25, 0.3) is 0 Å². The van der Waals surface area contributed by atoms with Gasteiger partial charge < -0.3 is 4.42 Å². The van der Waals surface area contributed by atoms with Crippen LogP contribution in [0.15, 0.2) is 52.9 Å². The SMILES string of the molecule is c1ccc2c(c1)CCc1oc3c(c1-2)-c1ccccc1CC3. The third kappa shape index (κ3) is 1.52. The Balaban J connectivity index is 1.86. The number of hydrogen-bond acceptors (Lipinski definition) is 1. The minimum absolute atomic E-state index is 1.03. The second-order valence-corrected chi connectivity index (χ2v) is 6.01. The lowest BCUT2D eigenvalue weighted by Gasteiger charge is -2.19. The van der Waals surface area contributed by atoms with Crippen LogP contribution in [0.1, 0.15) is 22.6 Å². The van der Waals surface area contributed by atoms with Gasteiger partial charge in [0.05, 0.1) is 0 Å². The van der Waals surface area contributed by atoms with Gasteiger partial charge in [0, 0.05) is 24.0 Å². The minimum Gasteiger partial charge on any atom is -0.465 e. The highest BCUT2D eigenvalue weighted by Crippen LogP contribution is 2.47. The monoisotopic (exact) mass is 272 g/mol. The molecule has 1 heterocycles. The van der Waals surface area contributed by atoms with E-state index in [9.17, 15) is 0 Å². The highest BCUT2D eigenvalue weighted by Gasteiger charge is 2.29. The van der Waals surface area contributed by atoms with Crippen LogP contribution in [0.4, 0.5) is 0 Å². The van der Waals surface area contributed by atoms with Gasteiger partial charge in [0.1, 0.15) is 11.5 Å². The lowest BCUT2D eigenvalue weighted by Crippen LogP contribution is -2.04. The van der Waals surface area contributed by atoms with Crippen LogP contribution in [0.3, 0.4) is 0 Å². The first-order valence-corrected chi connectivity index (χ1v) is 7.73. The number of aryl methyl sites for hydroxylation is 4. The van der Waals surface area contributed by atoms with Gasteiger partial charge in [-0.15, -0.1) is 0 Å². The standard InChI is InChI=1S/C20H16O/c1-3-7-15-13(5-1)9-11-17-19(15)20-16-8-4-2-6-14(16)10-12-18(20)21-17/h1-8H,9-12H2. The summed E-state index contributed by atoms with van der Waals surface area (Å²) in [5.41, 5.74) is 8.38. The minimum atomic E-state index is 1.03. The number of benzene rings is 2. The topological polar surface area (TPSA) is 13.1 Å². The summed E-state index contributed by atoms with van der Waals surface area (Å²) in [6.45, 7) is 0. The molecule has 2 aromatic carbocycles. The van der Waals surface area contributed by atoms with Gasteiger partial charge in [-0.25, -0.2) is 0 Å². The van der Waals surface area contributed by atoms with Crippen molar-refractivity contribution in [1.82, 2.24) is 0 Å². The molecule has 0 unspecified atom stereocenters. The zero-order valence-electron chi connectivity index (χ0n) is 11.9. The third-order valence-electron chi connectivity index (χ3n) is 4.87. The lowest BCUT2D eigenvalue weighted by atomic mass is 9.82. The molecule has 0 fully saturated rings. The number of hydrogen-bond donors (Lipinski definition) is 0. The molecule has 2 aliphatic carbocycles. The Hall–Kier alpha value is -2.28. The Kier molecular flexibility index (Phi) is 2.23. The number of rotatable bonds is 0. The summed E-state index contributed by atoms with van der Waals surface area (Å²) in [4.78, 5) is 0. The molecule has 0 spiro atoms. The predicted molar refractivity (Wildman–Crippen MR) is 84.4 cm³/mol. The Bertz CT molecular complexity index is 784. The fraction of sp³-hybridized carbons (Fsp3) is 0.200. The van der Waals surface area contributed by atoms with Crippen molar-refractivity contribution in [2.45, 2.75) is 25.7 Å². The third-order valence-corrected chi connectivity index (χ3v) is 4.87. The number of fused-ring (bicyclic) bond motifs is 7. The van der Waals surface area contributed by atoms with Gasteiger partial charge in [0.2, 0.25) is 0 Å². The van der Waals surface area contributed by atoms with Crippen molar-refractivity contribution in [3.8, 4) is 22.3 Å². The summed E-state index contributed by atoms with van der Waals surface area (Å²) in [6, 6.07) is 17.6. The molecule has 0 saturated carbocycles. The van der Waals surface area contributed by atoms with Gasteiger partial charge in [0.15, 0.2) is 0 Å². The summed E-state index contributed by atoms with van der Waals surface area (Å²) in [5, 5.41) is 0. The molecule has 0 amide bonds. The zero-order chi connectivity index (χ0) is 13.8. The second kappa shape index (κ2) is 4.11. The normalized spacial score (nSPS) is 14.9. The zero-order valence-corrected chi connectivity index (χ0v) is 11.9. The van der Waals surface area contributed by atoms with Crippen LogP contribution in [0.25, 0.3) is 22.3 Å². The molecule has 1 aromatic heterocycles. The fourth-order valence-electron chi connectivity index (χ4n) is 3.91. The molecule has 0 N–H and O–H groups in total. The maximum Gasteiger partial charge on any atom is 0.112 e. The highest BCUT2D eigenvalue weighted by molar-refractivity contribution is 5.90. The van der Waals surface area contributed by atoms with Crippen LogP contribution in [0.2, 0.25) is 0 Å². The van der Waals surface area contributed by atoms with Crippen molar-refractivity contribution in [3.63, 3.8) is 0 Å². The fourth-order valence-corrected chi connectivity index (χ4v) is 3.91. The first kappa shape index (κ1) is 11.4. The summed E-state index contributed by atoms with van der Waals surface area (Å²) >= 11 is 0. The van der Waals surface area contributed by atoms with Gasteiger partial charge in [-0.1, -0.05) is 48.5 Å². The van der Waals surface area contributed by atoms with E-state index in [1.165, 1.54) is 44.9 Å². The largest absolute Gasteiger partial charge is 0.465 e. The molecule has 0 radical (unpaired) electrons.